The Hall–Kier alpha value is -1.97. The highest BCUT2D eigenvalue weighted by atomic mass is 15.0. The van der Waals surface area contributed by atoms with Crippen molar-refractivity contribution in [2.45, 2.75) is 13.8 Å². The third-order valence-electron chi connectivity index (χ3n) is 2.33. The van der Waals surface area contributed by atoms with Gasteiger partial charge in [-0.05, 0) is 25.5 Å². The smallest absolute Gasteiger partial charge is 0.180 e. The lowest BCUT2D eigenvalue weighted by molar-refractivity contribution is 1.08. The van der Waals surface area contributed by atoms with Crippen molar-refractivity contribution in [3.63, 3.8) is 0 Å². The predicted molar refractivity (Wildman–Crippen MR) is 64.3 cm³/mol. The Labute approximate surface area is 94.8 Å². The average molecular weight is 214 g/mol. The monoisotopic (exact) mass is 214 g/mol. The highest BCUT2D eigenvalue weighted by Crippen LogP contribution is 2.18. The van der Waals surface area contributed by atoms with Crippen LogP contribution in [0.15, 0.2) is 24.4 Å². The molecular weight excluding hydrogens is 200 g/mol. The summed E-state index contributed by atoms with van der Waals surface area (Å²) in [6.45, 7) is 3.96. The molecule has 4 nitrogen and oxygen atoms in total. The number of aryl methyl sites for hydroxylation is 2. The first-order valence-electron chi connectivity index (χ1n) is 5.16. The van der Waals surface area contributed by atoms with Crippen molar-refractivity contribution < 1.29 is 0 Å². The third kappa shape index (κ3) is 2.00. The molecule has 0 aliphatic heterocycles. The molecule has 82 valence electrons. The van der Waals surface area contributed by atoms with Crippen molar-refractivity contribution in [1.82, 2.24) is 15.0 Å². The van der Waals surface area contributed by atoms with Crippen molar-refractivity contribution >= 4 is 5.82 Å². The SMILES string of the molecule is CNc1cc(C)nc(-c2ncccc2C)n1. The molecule has 0 bridgehead atoms. The molecule has 0 saturated carbocycles. The highest BCUT2D eigenvalue weighted by Gasteiger charge is 2.07. The number of anilines is 1. The number of aromatic nitrogens is 3. The van der Waals surface area contributed by atoms with Gasteiger partial charge in [-0.1, -0.05) is 6.07 Å². The van der Waals surface area contributed by atoms with Gasteiger partial charge in [0, 0.05) is 25.0 Å². The normalized spacial score (nSPS) is 10.2. The number of rotatable bonds is 2. The number of nitrogens with zero attached hydrogens (tertiary/aromatic N) is 3. The first kappa shape index (κ1) is 10.5. The van der Waals surface area contributed by atoms with Crippen LogP contribution in [0, 0.1) is 13.8 Å². The topological polar surface area (TPSA) is 50.7 Å². The standard InChI is InChI=1S/C12H14N4/c1-8-5-4-6-14-11(8)12-15-9(2)7-10(13-3)16-12/h4-7H,1-3H3,(H,13,15,16). The maximum absolute atomic E-state index is 4.40. The van der Waals surface area contributed by atoms with Crippen LogP contribution in [-0.2, 0) is 0 Å². The minimum atomic E-state index is 0.669. The highest BCUT2D eigenvalue weighted by molar-refractivity contribution is 5.56. The van der Waals surface area contributed by atoms with Crippen molar-refractivity contribution in [3.05, 3.63) is 35.7 Å². The Kier molecular flexibility index (Phi) is 2.81. The summed E-state index contributed by atoms with van der Waals surface area (Å²) in [5.41, 5.74) is 2.84. The first-order valence-corrected chi connectivity index (χ1v) is 5.16. The van der Waals surface area contributed by atoms with Crippen LogP contribution in [0.25, 0.3) is 11.5 Å². The molecule has 0 spiro atoms. The van der Waals surface area contributed by atoms with E-state index in [4.69, 9.17) is 0 Å². The quantitative estimate of drug-likeness (QED) is 0.832. The lowest BCUT2D eigenvalue weighted by Gasteiger charge is -2.06. The van der Waals surface area contributed by atoms with Crippen LogP contribution in [0.1, 0.15) is 11.3 Å². The zero-order valence-corrected chi connectivity index (χ0v) is 9.65. The van der Waals surface area contributed by atoms with E-state index in [2.05, 4.69) is 20.3 Å². The van der Waals surface area contributed by atoms with Crippen molar-refractivity contribution in [3.8, 4) is 11.5 Å². The predicted octanol–water partition coefficient (Wildman–Crippen LogP) is 2.20. The van der Waals surface area contributed by atoms with Gasteiger partial charge in [0.05, 0.1) is 0 Å². The third-order valence-corrected chi connectivity index (χ3v) is 2.33. The lowest BCUT2D eigenvalue weighted by Crippen LogP contribution is -2.00. The van der Waals surface area contributed by atoms with Crippen molar-refractivity contribution in [2.75, 3.05) is 12.4 Å². The van der Waals surface area contributed by atoms with Gasteiger partial charge in [0.15, 0.2) is 5.82 Å². The molecule has 0 saturated heterocycles. The maximum atomic E-state index is 4.40. The van der Waals surface area contributed by atoms with Crippen LogP contribution in [-0.4, -0.2) is 22.0 Å². The summed E-state index contributed by atoms with van der Waals surface area (Å²) in [4.78, 5) is 13.1. The van der Waals surface area contributed by atoms with Gasteiger partial charge in [0.2, 0.25) is 0 Å². The molecule has 1 N–H and O–H groups in total. The Morgan fingerprint density at radius 3 is 2.69 bits per heavy atom. The molecule has 0 aliphatic carbocycles. The second kappa shape index (κ2) is 4.26. The van der Waals surface area contributed by atoms with Crippen LogP contribution in [0.3, 0.4) is 0 Å². The van der Waals surface area contributed by atoms with Crippen molar-refractivity contribution in [1.29, 1.82) is 0 Å². The maximum Gasteiger partial charge on any atom is 0.180 e. The summed E-state index contributed by atoms with van der Waals surface area (Å²) < 4.78 is 0. The molecule has 0 fully saturated rings. The van der Waals surface area contributed by atoms with Gasteiger partial charge >= 0.3 is 0 Å². The van der Waals surface area contributed by atoms with Crippen LogP contribution >= 0.6 is 0 Å². The fourth-order valence-electron chi connectivity index (χ4n) is 1.52. The fraction of sp³-hybridized carbons (Fsp3) is 0.250. The van der Waals surface area contributed by atoms with E-state index in [1.807, 2.05) is 39.1 Å². The van der Waals surface area contributed by atoms with Crippen LogP contribution < -0.4 is 5.32 Å². The Morgan fingerprint density at radius 1 is 1.19 bits per heavy atom. The second-order valence-corrected chi connectivity index (χ2v) is 3.64. The van der Waals surface area contributed by atoms with E-state index in [0.717, 1.165) is 22.8 Å². The Morgan fingerprint density at radius 2 is 2.00 bits per heavy atom. The molecule has 0 amide bonds. The molecule has 4 heteroatoms. The van der Waals surface area contributed by atoms with E-state index in [-0.39, 0.29) is 0 Å². The molecule has 0 radical (unpaired) electrons. The Balaban J connectivity index is 2.56. The van der Waals surface area contributed by atoms with Gasteiger partial charge in [0.25, 0.3) is 0 Å². The molecule has 2 aromatic rings. The van der Waals surface area contributed by atoms with Gasteiger partial charge in [-0.15, -0.1) is 0 Å². The van der Waals surface area contributed by atoms with E-state index in [9.17, 15) is 0 Å². The van der Waals surface area contributed by atoms with E-state index in [1.54, 1.807) is 6.20 Å². The van der Waals surface area contributed by atoms with Gasteiger partial charge in [-0.25, -0.2) is 9.97 Å². The zero-order chi connectivity index (χ0) is 11.5. The molecule has 2 aromatic heterocycles. The van der Waals surface area contributed by atoms with Crippen LogP contribution in [0.4, 0.5) is 5.82 Å². The molecule has 0 unspecified atom stereocenters. The van der Waals surface area contributed by atoms with E-state index >= 15 is 0 Å². The molecule has 0 aliphatic rings. The summed E-state index contributed by atoms with van der Waals surface area (Å²) in [5, 5.41) is 3.02. The molecular formula is C12H14N4. The lowest BCUT2D eigenvalue weighted by atomic mass is 10.2. The second-order valence-electron chi connectivity index (χ2n) is 3.64. The van der Waals surface area contributed by atoms with E-state index < -0.39 is 0 Å². The average Bonchev–Trinajstić information content (AvgIpc) is 2.28. The minimum Gasteiger partial charge on any atom is -0.373 e. The van der Waals surface area contributed by atoms with Crippen LogP contribution in [0.2, 0.25) is 0 Å². The minimum absolute atomic E-state index is 0.669. The van der Waals surface area contributed by atoms with Gasteiger partial charge in [-0.3, -0.25) is 4.98 Å². The summed E-state index contributed by atoms with van der Waals surface area (Å²) in [6.07, 6.45) is 1.76. The number of nitrogens with one attached hydrogen (secondary N) is 1. The number of hydrogen-bond acceptors (Lipinski definition) is 4. The van der Waals surface area contributed by atoms with Gasteiger partial charge < -0.3 is 5.32 Å². The van der Waals surface area contributed by atoms with Gasteiger partial charge in [0.1, 0.15) is 11.5 Å². The number of pyridine rings is 1. The summed E-state index contributed by atoms with van der Waals surface area (Å²) >= 11 is 0. The van der Waals surface area contributed by atoms with Gasteiger partial charge in [-0.2, -0.15) is 0 Å². The molecule has 0 atom stereocenters. The first-order chi connectivity index (χ1) is 7.70. The zero-order valence-electron chi connectivity index (χ0n) is 9.65. The molecule has 16 heavy (non-hydrogen) atoms. The van der Waals surface area contributed by atoms with E-state index in [0.29, 0.717) is 5.82 Å². The Bertz CT molecular complexity index is 508. The fourth-order valence-corrected chi connectivity index (χ4v) is 1.52. The number of hydrogen-bond donors (Lipinski definition) is 1. The summed E-state index contributed by atoms with van der Waals surface area (Å²) in [7, 11) is 1.84. The molecule has 2 heterocycles. The summed E-state index contributed by atoms with van der Waals surface area (Å²) in [6, 6.07) is 5.82. The largest absolute Gasteiger partial charge is 0.373 e. The molecule has 2 rings (SSSR count). The van der Waals surface area contributed by atoms with Crippen LogP contribution in [0.5, 0.6) is 0 Å². The summed E-state index contributed by atoms with van der Waals surface area (Å²) in [5.74, 6) is 1.48. The molecule has 0 aromatic carbocycles. The van der Waals surface area contributed by atoms with E-state index in [1.165, 1.54) is 0 Å². The van der Waals surface area contributed by atoms with Crippen molar-refractivity contribution in [2.24, 2.45) is 0 Å².